The summed E-state index contributed by atoms with van der Waals surface area (Å²) in [5.41, 5.74) is 0. The maximum atomic E-state index is 8.24. The smallest absolute Gasteiger partial charge is 0.176 e. The quantitative estimate of drug-likeness (QED) is 0.549. The van der Waals surface area contributed by atoms with Crippen LogP contribution in [-0.2, 0) is 13.0 Å². The maximum Gasteiger partial charge on any atom is 0.176 e. The van der Waals surface area contributed by atoms with E-state index in [0.29, 0.717) is 6.54 Å². The number of nitriles is 1. The lowest BCUT2D eigenvalue weighted by Gasteiger charge is -1.90. The van der Waals surface area contributed by atoms with Crippen LogP contribution in [0.2, 0.25) is 0 Å². The minimum absolute atomic E-state index is 0.668. The number of rotatable bonds is 3. The zero-order valence-electron chi connectivity index (χ0n) is 6.42. The molecule has 0 aliphatic heterocycles. The van der Waals surface area contributed by atoms with Crippen LogP contribution in [0, 0.1) is 11.5 Å². The molecule has 1 N–H and O–H groups in total. The first-order valence-corrected chi connectivity index (χ1v) is 4.38. The third-order valence-corrected chi connectivity index (χ3v) is 2.64. The Hall–Kier alpha value is -1.01. The number of hydrogen-bond donors (Lipinski definition) is 1. The number of hydrogen-bond acceptors (Lipinski definition) is 3. The van der Waals surface area contributed by atoms with Gasteiger partial charge in [-0.3, -0.25) is 0 Å². The van der Waals surface area contributed by atoms with Crippen molar-refractivity contribution < 1.29 is 0 Å². The van der Waals surface area contributed by atoms with E-state index in [4.69, 9.17) is 5.26 Å². The summed E-state index contributed by atoms with van der Waals surface area (Å²) in [5.74, 6) is 0. The average molecular weight is 166 g/mol. The van der Waals surface area contributed by atoms with Gasteiger partial charge in [0.2, 0.25) is 0 Å². The molecular weight excluding hydrogens is 156 g/mol. The summed E-state index contributed by atoms with van der Waals surface area (Å²) in [6.45, 7) is 2.80. The van der Waals surface area contributed by atoms with Crippen LogP contribution in [0.3, 0.4) is 0 Å². The van der Waals surface area contributed by atoms with Crippen LogP contribution < -0.4 is 5.32 Å². The molecule has 0 fully saturated rings. The molecule has 11 heavy (non-hydrogen) atoms. The summed E-state index contributed by atoms with van der Waals surface area (Å²) in [6.07, 6.45) is 2.98. The summed E-state index contributed by atoms with van der Waals surface area (Å²) in [4.78, 5) is 2.60. The van der Waals surface area contributed by atoms with Gasteiger partial charge in [0.05, 0.1) is 6.54 Å². The van der Waals surface area contributed by atoms with Crippen molar-refractivity contribution in [1.29, 1.82) is 5.26 Å². The Morgan fingerprint density at radius 1 is 1.55 bits per heavy atom. The predicted molar refractivity (Wildman–Crippen MR) is 46.1 cm³/mol. The second-order valence-electron chi connectivity index (χ2n) is 2.19. The normalized spacial score (nSPS) is 9.09. The van der Waals surface area contributed by atoms with Crippen LogP contribution in [0.5, 0.6) is 0 Å². The van der Waals surface area contributed by atoms with Gasteiger partial charge in [-0.2, -0.15) is 5.26 Å². The van der Waals surface area contributed by atoms with Crippen LogP contribution in [-0.4, -0.2) is 0 Å². The van der Waals surface area contributed by atoms with E-state index in [9.17, 15) is 0 Å². The van der Waals surface area contributed by atoms with E-state index in [1.807, 2.05) is 6.19 Å². The topological polar surface area (TPSA) is 35.8 Å². The van der Waals surface area contributed by atoms with Gasteiger partial charge in [-0.15, -0.1) is 11.3 Å². The highest BCUT2D eigenvalue weighted by molar-refractivity contribution is 7.11. The fourth-order valence-corrected chi connectivity index (χ4v) is 1.73. The van der Waals surface area contributed by atoms with Crippen molar-refractivity contribution in [3.63, 3.8) is 0 Å². The molecule has 58 valence electrons. The van der Waals surface area contributed by atoms with E-state index < -0.39 is 0 Å². The van der Waals surface area contributed by atoms with Crippen molar-refractivity contribution in [3.8, 4) is 6.19 Å². The van der Waals surface area contributed by atoms with E-state index in [-0.39, 0.29) is 0 Å². The third-order valence-electron chi connectivity index (χ3n) is 1.41. The zero-order valence-corrected chi connectivity index (χ0v) is 7.24. The minimum atomic E-state index is 0.668. The Kier molecular flexibility index (Phi) is 2.94. The Morgan fingerprint density at radius 2 is 2.27 bits per heavy atom. The molecule has 0 unspecified atom stereocenters. The fourth-order valence-electron chi connectivity index (χ4n) is 0.834. The zero-order chi connectivity index (χ0) is 8.10. The van der Waals surface area contributed by atoms with Gasteiger partial charge in [0.15, 0.2) is 6.19 Å². The summed E-state index contributed by atoms with van der Waals surface area (Å²) in [5, 5.41) is 10.9. The van der Waals surface area contributed by atoms with Crippen molar-refractivity contribution in [2.24, 2.45) is 0 Å². The van der Waals surface area contributed by atoms with E-state index in [1.165, 1.54) is 9.75 Å². The highest BCUT2D eigenvalue weighted by Crippen LogP contribution is 2.16. The fraction of sp³-hybridized carbons (Fsp3) is 0.375. The molecule has 1 aromatic rings. The largest absolute Gasteiger partial charge is 0.319 e. The molecule has 3 heteroatoms. The van der Waals surface area contributed by atoms with Gasteiger partial charge in [-0.1, -0.05) is 6.92 Å². The number of nitrogens with zero attached hydrogens (tertiary/aromatic N) is 1. The van der Waals surface area contributed by atoms with Crippen LogP contribution >= 0.6 is 11.3 Å². The van der Waals surface area contributed by atoms with Gasteiger partial charge in [0.1, 0.15) is 0 Å². The molecule has 1 rings (SSSR count). The number of nitrogens with one attached hydrogen (secondary N) is 1. The molecule has 0 saturated carbocycles. The summed E-state index contributed by atoms with van der Waals surface area (Å²) < 4.78 is 0. The first kappa shape index (κ1) is 8.09. The number of thiophene rings is 1. The highest BCUT2D eigenvalue weighted by atomic mass is 32.1. The van der Waals surface area contributed by atoms with Crippen molar-refractivity contribution in [2.45, 2.75) is 19.9 Å². The molecule has 0 aliphatic rings. The molecule has 0 aliphatic carbocycles. The molecule has 0 aromatic carbocycles. The lowest BCUT2D eigenvalue weighted by atomic mass is 10.4. The van der Waals surface area contributed by atoms with Crippen molar-refractivity contribution >= 4 is 11.3 Å². The maximum absolute atomic E-state index is 8.24. The molecule has 1 heterocycles. The van der Waals surface area contributed by atoms with Crippen LogP contribution in [0.1, 0.15) is 16.7 Å². The SMILES string of the molecule is CCc1ccc(CNC#N)s1. The van der Waals surface area contributed by atoms with Gasteiger partial charge in [0.25, 0.3) is 0 Å². The third kappa shape index (κ3) is 2.24. The summed E-state index contributed by atoms with van der Waals surface area (Å²) in [7, 11) is 0. The molecule has 2 nitrogen and oxygen atoms in total. The molecule has 0 atom stereocenters. The van der Waals surface area contributed by atoms with Crippen LogP contribution in [0.4, 0.5) is 0 Å². The van der Waals surface area contributed by atoms with E-state index in [2.05, 4.69) is 24.4 Å². The Labute approximate surface area is 70.5 Å². The monoisotopic (exact) mass is 166 g/mol. The van der Waals surface area contributed by atoms with E-state index >= 15 is 0 Å². The van der Waals surface area contributed by atoms with E-state index in [0.717, 1.165) is 6.42 Å². The Bertz CT molecular complexity index is 259. The minimum Gasteiger partial charge on any atom is -0.319 e. The van der Waals surface area contributed by atoms with Gasteiger partial charge < -0.3 is 5.32 Å². The van der Waals surface area contributed by atoms with Gasteiger partial charge in [0, 0.05) is 9.75 Å². The molecule has 0 bridgehead atoms. The van der Waals surface area contributed by atoms with Gasteiger partial charge >= 0.3 is 0 Å². The molecule has 0 saturated heterocycles. The Morgan fingerprint density at radius 3 is 2.82 bits per heavy atom. The lowest BCUT2D eigenvalue weighted by molar-refractivity contribution is 0.901. The van der Waals surface area contributed by atoms with Crippen molar-refractivity contribution in [2.75, 3.05) is 0 Å². The van der Waals surface area contributed by atoms with Crippen molar-refractivity contribution in [3.05, 3.63) is 21.9 Å². The Balaban J connectivity index is 2.53. The van der Waals surface area contributed by atoms with Gasteiger partial charge in [-0.25, -0.2) is 0 Å². The highest BCUT2D eigenvalue weighted by Gasteiger charge is 1.96. The second-order valence-corrected chi connectivity index (χ2v) is 3.44. The van der Waals surface area contributed by atoms with Crippen LogP contribution in [0.15, 0.2) is 12.1 Å². The molecule has 0 amide bonds. The first-order chi connectivity index (χ1) is 5.36. The molecule has 0 radical (unpaired) electrons. The van der Waals surface area contributed by atoms with Gasteiger partial charge in [-0.05, 0) is 18.6 Å². The summed E-state index contributed by atoms with van der Waals surface area (Å²) in [6, 6.07) is 4.17. The molecule has 1 aromatic heterocycles. The average Bonchev–Trinajstić information content (AvgIpc) is 2.48. The number of aryl methyl sites for hydroxylation is 1. The van der Waals surface area contributed by atoms with Crippen LogP contribution in [0.25, 0.3) is 0 Å². The summed E-state index contributed by atoms with van der Waals surface area (Å²) >= 11 is 1.76. The lowest BCUT2D eigenvalue weighted by Crippen LogP contribution is -2.01. The van der Waals surface area contributed by atoms with E-state index in [1.54, 1.807) is 11.3 Å². The molecular formula is C8H10N2S. The second kappa shape index (κ2) is 3.99. The first-order valence-electron chi connectivity index (χ1n) is 3.56. The van der Waals surface area contributed by atoms with Crippen molar-refractivity contribution in [1.82, 2.24) is 5.32 Å². The standard InChI is InChI=1S/C8H10N2S/c1-2-7-3-4-8(11-7)5-10-6-9/h3-4,10H,2,5H2,1H3. The predicted octanol–water partition coefficient (Wildman–Crippen LogP) is 1.88. The molecule has 0 spiro atoms.